The Hall–Kier alpha value is -0.0800. The molecule has 2 nitrogen and oxygen atoms in total. The fourth-order valence-corrected chi connectivity index (χ4v) is 2.62. The van der Waals surface area contributed by atoms with E-state index in [1.165, 1.54) is 58.0 Å². The molecule has 0 aromatic rings. The van der Waals surface area contributed by atoms with Crippen LogP contribution in [-0.2, 0) is 0 Å². The van der Waals surface area contributed by atoms with Gasteiger partial charge in [0.1, 0.15) is 0 Å². The predicted molar refractivity (Wildman–Crippen MR) is 55.9 cm³/mol. The number of hydrogen-bond donors (Lipinski definition) is 2. The molecule has 13 heavy (non-hydrogen) atoms. The van der Waals surface area contributed by atoms with Crippen molar-refractivity contribution >= 4 is 0 Å². The smallest absolute Gasteiger partial charge is 0.00675 e. The molecular formula is C11H22N2. The fourth-order valence-electron chi connectivity index (χ4n) is 2.62. The maximum atomic E-state index is 3.56. The minimum atomic E-state index is 0.849. The van der Waals surface area contributed by atoms with Crippen LogP contribution in [0.25, 0.3) is 0 Å². The van der Waals surface area contributed by atoms with Crippen LogP contribution < -0.4 is 10.6 Å². The largest absolute Gasteiger partial charge is 0.314 e. The molecular weight excluding hydrogens is 160 g/mol. The Morgan fingerprint density at radius 2 is 1.38 bits per heavy atom. The van der Waals surface area contributed by atoms with Gasteiger partial charge in [-0.05, 0) is 51.6 Å². The molecule has 0 aliphatic carbocycles. The normalized spacial score (nSPS) is 34.2. The Bertz CT molecular complexity index is 119. The first kappa shape index (κ1) is 9.47. The first-order chi connectivity index (χ1) is 6.45. The van der Waals surface area contributed by atoms with Gasteiger partial charge >= 0.3 is 0 Å². The van der Waals surface area contributed by atoms with Gasteiger partial charge < -0.3 is 10.6 Å². The fraction of sp³-hybridized carbons (Fsp3) is 1.00. The monoisotopic (exact) mass is 182 g/mol. The van der Waals surface area contributed by atoms with Gasteiger partial charge in [-0.2, -0.15) is 0 Å². The summed E-state index contributed by atoms with van der Waals surface area (Å²) in [5.74, 6) is 0. The molecule has 0 amide bonds. The second kappa shape index (κ2) is 4.97. The number of hydrogen-bond acceptors (Lipinski definition) is 2. The summed E-state index contributed by atoms with van der Waals surface area (Å²) in [6.07, 6.45) is 9.83. The third-order valence-corrected chi connectivity index (χ3v) is 3.43. The molecule has 2 saturated heterocycles. The highest BCUT2D eigenvalue weighted by molar-refractivity contribution is 4.77. The van der Waals surface area contributed by atoms with Gasteiger partial charge in [-0.3, -0.25) is 0 Å². The van der Waals surface area contributed by atoms with Gasteiger partial charge in [-0.1, -0.05) is 6.42 Å². The van der Waals surface area contributed by atoms with Crippen LogP contribution in [-0.4, -0.2) is 25.2 Å². The SMILES string of the molecule is C1CNC(CCCC2CCCN2)C1. The van der Waals surface area contributed by atoms with Crippen LogP contribution >= 0.6 is 0 Å². The highest BCUT2D eigenvalue weighted by atomic mass is 14.9. The van der Waals surface area contributed by atoms with Crippen molar-refractivity contribution in [2.75, 3.05) is 13.1 Å². The lowest BCUT2D eigenvalue weighted by Gasteiger charge is -2.12. The van der Waals surface area contributed by atoms with E-state index in [9.17, 15) is 0 Å². The molecule has 0 bridgehead atoms. The average Bonchev–Trinajstić information content (AvgIpc) is 2.75. The summed E-state index contributed by atoms with van der Waals surface area (Å²) in [5.41, 5.74) is 0. The summed E-state index contributed by atoms with van der Waals surface area (Å²) in [4.78, 5) is 0. The molecule has 2 N–H and O–H groups in total. The van der Waals surface area contributed by atoms with Crippen LogP contribution in [0.1, 0.15) is 44.9 Å². The molecule has 0 aromatic carbocycles. The van der Waals surface area contributed by atoms with Crippen molar-refractivity contribution in [2.45, 2.75) is 57.0 Å². The van der Waals surface area contributed by atoms with Crippen molar-refractivity contribution in [1.29, 1.82) is 0 Å². The Balaban J connectivity index is 1.52. The molecule has 2 heteroatoms. The lowest BCUT2D eigenvalue weighted by Crippen LogP contribution is -2.24. The van der Waals surface area contributed by atoms with Crippen molar-refractivity contribution in [3.63, 3.8) is 0 Å². The Labute approximate surface area is 81.5 Å². The minimum Gasteiger partial charge on any atom is -0.314 e. The second-order valence-electron chi connectivity index (χ2n) is 4.52. The Kier molecular flexibility index (Phi) is 3.62. The van der Waals surface area contributed by atoms with Crippen LogP contribution in [0.4, 0.5) is 0 Å². The predicted octanol–water partition coefficient (Wildman–Crippen LogP) is 1.66. The standard InChI is InChI=1S/C11H22N2/c1(4-10-6-2-8-12-10)5-11-7-3-9-13-11/h10-13H,1-9H2. The van der Waals surface area contributed by atoms with Crippen LogP contribution in [0.2, 0.25) is 0 Å². The molecule has 2 rings (SSSR count). The third kappa shape index (κ3) is 2.96. The molecule has 2 heterocycles. The molecule has 0 radical (unpaired) electrons. The molecule has 0 saturated carbocycles. The van der Waals surface area contributed by atoms with E-state index in [1.54, 1.807) is 0 Å². The lowest BCUT2D eigenvalue weighted by molar-refractivity contribution is 0.472. The van der Waals surface area contributed by atoms with Gasteiger partial charge in [0.05, 0.1) is 0 Å². The summed E-state index contributed by atoms with van der Waals surface area (Å²) >= 11 is 0. The van der Waals surface area contributed by atoms with E-state index in [0.717, 1.165) is 12.1 Å². The molecule has 0 aromatic heterocycles. The van der Waals surface area contributed by atoms with Crippen LogP contribution in [0, 0.1) is 0 Å². The summed E-state index contributed by atoms with van der Waals surface area (Å²) < 4.78 is 0. The van der Waals surface area contributed by atoms with E-state index in [-0.39, 0.29) is 0 Å². The maximum Gasteiger partial charge on any atom is 0.00675 e. The van der Waals surface area contributed by atoms with Gasteiger partial charge in [-0.25, -0.2) is 0 Å². The first-order valence-electron chi connectivity index (χ1n) is 5.92. The van der Waals surface area contributed by atoms with E-state index in [1.807, 2.05) is 0 Å². The van der Waals surface area contributed by atoms with Crippen molar-refractivity contribution in [1.82, 2.24) is 10.6 Å². The highest BCUT2D eigenvalue weighted by Gasteiger charge is 2.16. The average molecular weight is 182 g/mol. The quantitative estimate of drug-likeness (QED) is 0.691. The summed E-state index contributed by atoms with van der Waals surface area (Å²) in [6, 6.07) is 1.70. The number of nitrogens with one attached hydrogen (secondary N) is 2. The van der Waals surface area contributed by atoms with Gasteiger partial charge in [0.15, 0.2) is 0 Å². The van der Waals surface area contributed by atoms with Crippen LogP contribution in [0.3, 0.4) is 0 Å². The molecule has 2 atom stereocenters. The zero-order valence-corrected chi connectivity index (χ0v) is 8.52. The van der Waals surface area contributed by atoms with Gasteiger partial charge in [0, 0.05) is 12.1 Å². The van der Waals surface area contributed by atoms with Crippen molar-refractivity contribution in [3.05, 3.63) is 0 Å². The first-order valence-corrected chi connectivity index (χ1v) is 5.92. The second-order valence-corrected chi connectivity index (χ2v) is 4.52. The van der Waals surface area contributed by atoms with Crippen LogP contribution in [0.5, 0.6) is 0 Å². The summed E-state index contributed by atoms with van der Waals surface area (Å²) in [7, 11) is 0. The van der Waals surface area contributed by atoms with E-state index >= 15 is 0 Å². The van der Waals surface area contributed by atoms with E-state index < -0.39 is 0 Å². The third-order valence-electron chi connectivity index (χ3n) is 3.43. The minimum absolute atomic E-state index is 0.849. The molecule has 0 spiro atoms. The zero-order chi connectivity index (χ0) is 8.93. The van der Waals surface area contributed by atoms with E-state index in [2.05, 4.69) is 10.6 Å². The van der Waals surface area contributed by atoms with E-state index in [4.69, 9.17) is 0 Å². The summed E-state index contributed by atoms with van der Waals surface area (Å²) in [6.45, 7) is 2.51. The highest BCUT2D eigenvalue weighted by Crippen LogP contribution is 2.16. The molecule has 2 aliphatic rings. The molecule has 2 aliphatic heterocycles. The Morgan fingerprint density at radius 3 is 1.77 bits per heavy atom. The number of rotatable bonds is 4. The molecule has 76 valence electrons. The van der Waals surface area contributed by atoms with Crippen molar-refractivity contribution in [2.24, 2.45) is 0 Å². The van der Waals surface area contributed by atoms with E-state index in [0.29, 0.717) is 0 Å². The summed E-state index contributed by atoms with van der Waals surface area (Å²) in [5, 5.41) is 7.12. The zero-order valence-electron chi connectivity index (χ0n) is 8.52. The van der Waals surface area contributed by atoms with Crippen LogP contribution in [0.15, 0.2) is 0 Å². The van der Waals surface area contributed by atoms with Crippen molar-refractivity contribution in [3.8, 4) is 0 Å². The van der Waals surface area contributed by atoms with Gasteiger partial charge in [-0.15, -0.1) is 0 Å². The molecule has 2 unspecified atom stereocenters. The van der Waals surface area contributed by atoms with Gasteiger partial charge in [0.25, 0.3) is 0 Å². The van der Waals surface area contributed by atoms with Gasteiger partial charge in [0.2, 0.25) is 0 Å². The molecule has 2 fully saturated rings. The lowest BCUT2D eigenvalue weighted by atomic mass is 10.0. The van der Waals surface area contributed by atoms with Crippen molar-refractivity contribution < 1.29 is 0 Å². The topological polar surface area (TPSA) is 24.1 Å². The maximum absolute atomic E-state index is 3.56. The Morgan fingerprint density at radius 1 is 0.846 bits per heavy atom.